The lowest BCUT2D eigenvalue weighted by molar-refractivity contribution is -0.148. The highest BCUT2D eigenvalue weighted by molar-refractivity contribution is 4.89. The van der Waals surface area contributed by atoms with Crippen molar-refractivity contribution in [2.24, 2.45) is 5.11 Å². The van der Waals surface area contributed by atoms with Gasteiger partial charge >= 0.3 is 0 Å². The van der Waals surface area contributed by atoms with E-state index in [0.29, 0.717) is 0 Å². The van der Waals surface area contributed by atoms with E-state index in [1.165, 1.54) is 0 Å². The van der Waals surface area contributed by atoms with Gasteiger partial charge < -0.3 is 14.6 Å². The SMILES string of the molecule is CC[C@H]1OC(C)(C)O[C@H]1[C@H](CO)N=[N+]=[N-]. The van der Waals surface area contributed by atoms with Crippen molar-refractivity contribution in [3.8, 4) is 0 Å². The van der Waals surface area contributed by atoms with Crippen molar-refractivity contribution >= 4 is 0 Å². The Morgan fingerprint density at radius 3 is 2.67 bits per heavy atom. The van der Waals surface area contributed by atoms with Gasteiger partial charge in [0.05, 0.1) is 24.9 Å². The predicted octanol–water partition coefficient (Wildman–Crippen LogP) is 1.59. The molecule has 1 N–H and O–H groups in total. The lowest BCUT2D eigenvalue weighted by Gasteiger charge is -2.20. The molecule has 1 heterocycles. The molecule has 15 heavy (non-hydrogen) atoms. The summed E-state index contributed by atoms with van der Waals surface area (Å²) in [7, 11) is 0. The van der Waals surface area contributed by atoms with Gasteiger partial charge in [-0.05, 0) is 25.8 Å². The summed E-state index contributed by atoms with van der Waals surface area (Å²) < 4.78 is 11.2. The van der Waals surface area contributed by atoms with Crippen molar-refractivity contribution < 1.29 is 14.6 Å². The van der Waals surface area contributed by atoms with Crippen molar-refractivity contribution in [3.63, 3.8) is 0 Å². The second-order valence-electron chi connectivity index (χ2n) is 4.00. The number of rotatable bonds is 4. The first-order valence-corrected chi connectivity index (χ1v) is 5.04. The van der Waals surface area contributed by atoms with Crippen LogP contribution >= 0.6 is 0 Å². The zero-order valence-corrected chi connectivity index (χ0v) is 9.25. The Kier molecular flexibility index (Phi) is 3.93. The maximum absolute atomic E-state index is 9.10. The summed E-state index contributed by atoms with van der Waals surface area (Å²) >= 11 is 0. The van der Waals surface area contributed by atoms with Crippen molar-refractivity contribution in [1.29, 1.82) is 0 Å². The Balaban J connectivity index is 2.78. The lowest BCUT2D eigenvalue weighted by atomic mass is 10.1. The van der Waals surface area contributed by atoms with Crippen LogP contribution in [-0.2, 0) is 9.47 Å². The molecular formula is C9H17N3O3. The Morgan fingerprint density at radius 2 is 2.20 bits per heavy atom. The highest BCUT2D eigenvalue weighted by atomic mass is 16.8. The summed E-state index contributed by atoms with van der Waals surface area (Å²) in [6.07, 6.45) is 0.250. The Bertz CT molecular complexity index is 263. The molecule has 0 aromatic heterocycles. The third-order valence-corrected chi connectivity index (χ3v) is 2.39. The fraction of sp³-hybridized carbons (Fsp3) is 1.00. The van der Waals surface area contributed by atoms with E-state index in [2.05, 4.69) is 10.0 Å². The molecule has 3 atom stereocenters. The van der Waals surface area contributed by atoms with Crippen molar-refractivity contribution in [2.45, 2.75) is 51.2 Å². The van der Waals surface area contributed by atoms with Crippen LogP contribution in [0.15, 0.2) is 5.11 Å². The molecule has 1 fully saturated rings. The van der Waals surface area contributed by atoms with Crippen molar-refractivity contribution in [1.82, 2.24) is 0 Å². The van der Waals surface area contributed by atoms with E-state index in [-0.39, 0.29) is 18.8 Å². The monoisotopic (exact) mass is 215 g/mol. The first kappa shape index (κ1) is 12.3. The van der Waals surface area contributed by atoms with Crippen molar-refractivity contribution in [3.05, 3.63) is 10.4 Å². The van der Waals surface area contributed by atoms with Gasteiger partial charge in [-0.1, -0.05) is 12.0 Å². The quantitative estimate of drug-likeness (QED) is 0.438. The minimum absolute atomic E-state index is 0.136. The second kappa shape index (κ2) is 4.81. The largest absolute Gasteiger partial charge is 0.396 e. The summed E-state index contributed by atoms with van der Waals surface area (Å²) in [5.41, 5.74) is 8.37. The topological polar surface area (TPSA) is 87.5 Å². The molecule has 0 radical (unpaired) electrons. The molecule has 1 aliphatic heterocycles. The maximum atomic E-state index is 9.10. The molecule has 6 heteroatoms. The molecular weight excluding hydrogens is 198 g/mol. The molecule has 1 saturated heterocycles. The van der Waals surface area contributed by atoms with E-state index >= 15 is 0 Å². The number of hydrogen-bond acceptors (Lipinski definition) is 4. The van der Waals surface area contributed by atoms with Crippen LogP contribution < -0.4 is 0 Å². The smallest absolute Gasteiger partial charge is 0.163 e. The van der Waals surface area contributed by atoms with Crippen LogP contribution in [0.25, 0.3) is 10.4 Å². The Hall–Kier alpha value is -0.810. The summed E-state index contributed by atoms with van der Waals surface area (Å²) in [4.78, 5) is 2.70. The molecule has 86 valence electrons. The number of nitrogens with zero attached hydrogens (tertiary/aromatic N) is 3. The zero-order valence-electron chi connectivity index (χ0n) is 9.25. The van der Waals surface area contributed by atoms with Gasteiger partial charge in [0.2, 0.25) is 0 Å². The lowest BCUT2D eigenvalue weighted by Crippen LogP contribution is -2.36. The van der Waals surface area contributed by atoms with E-state index in [0.717, 1.165) is 6.42 Å². The highest BCUT2D eigenvalue weighted by Gasteiger charge is 2.43. The summed E-state index contributed by atoms with van der Waals surface area (Å²) in [6.45, 7) is 5.35. The van der Waals surface area contributed by atoms with E-state index in [9.17, 15) is 0 Å². The minimum atomic E-state index is -0.677. The molecule has 0 aromatic carbocycles. The molecule has 1 aliphatic rings. The Morgan fingerprint density at radius 1 is 1.53 bits per heavy atom. The molecule has 0 spiro atoms. The number of azide groups is 1. The van der Waals surface area contributed by atoms with Gasteiger partial charge in [-0.3, -0.25) is 0 Å². The van der Waals surface area contributed by atoms with Gasteiger partial charge in [0, 0.05) is 4.91 Å². The number of aliphatic hydroxyl groups excluding tert-OH is 1. The summed E-state index contributed by atoms with van der Waals surface area (Å²) in [5, 5.41) is 12.6. The summed E-state index contributed by atoms with van der Waals surface area (Å²) in [5.74, 6) is -0.677. The van der Waals surface area contributed by atoms with E-state index in [4.69, 9.17) is 20.1 Å². The third kappa shape index (κ3) is 2.82. The molecule has 0 bridgehead atoms. The molecule has 0 amide bonds. The molecule has 6 nitrogen and oxygen atoms in total. The molecule has 0 aromatic rings. The average molecular weight is 215 g/mol. The van der Waals surface area contributed by atoms with Crippen LogP contribution in [0.1, 0.15) is 27.2 Å². The van der Waals surface area contributed by atoms with Gasteiger partial charge in [0.1, 0.15) is 0 Å². The average Bonchev–Trinajstić information content (AvgIpc) is 2.50. The van der Waals surface area contributed by atoms with Gasteiger partial charge in [-0.25, -0.2) is 0 Å². The predicted molar refractivity (Wildman–Crippen MR) is 54.1 cm³/mol. The van der Waals surface area contributed by atoms with Crippen molar-refractivity contribution in [2.75, 3.05) is 6.61 Å². The van der Waals surface area contributed by atoms with E-state index in [1.54, 1.807) is 13.8 Å². The van der Waals surface area contributed by atoms with Crippen LogP contribution in [0.4, 0.5) is 0 Å². The first-order valence-electron chi connectivity index (χ1n) is 5.04. The maximum Gasteiger partial charge on any atom is 0.163 e. The fourth-order valence-electron chi connectivity index (χ4n) is 1.78. The number of ether oxygens (including phenoxy) is 2. The standard InChI is InChI=1S/C9H17N3O3/c1-4-7-8(6(5-13)11-12-10)15-9(2,3)14-7/h6-8,13H,4-5H2,1-3H3/t6-,7+,8-/m0/s1. The molecule has 1 rings (SSSR count). The van der Waals surface area contributed by atoms with Crippen LogP contribution in [0.5, 0.6) is 0 Å². The third-order valence-electron chi connectivity index (χ3n) is 2.39. The van der Waals surface area contributed by atoms with Crippen LogP contribution in [-0.4, -0.2) is 35.8 Å². The van der Waals surface area contributed by atoms with Gasteiger partial charge in [0.25, 0.3) is 0 Å². The number of aliphatic hydroxyl groups is 1. The highest BCUT2D eigenvalue weighted by Crippen LogP contribution is 2.32. The molecule has 0 saturated carbocycles. The molecule has 0 unspecified atom stereocenters. The zero-order chi connectivity index (χ0) is 11.5. The fourth-order valence-corrected chi connectivity index (χ4v) is 1.78. The minimum Gasteiger partial charge on any atom is -0.396 e. The summed E-state index contributed by atoms with van der Waals surface area (Å²) in [6, 6.07) is -0.582. The van der Waals surface area contributed by atoms with Crippen LogP contribution in [0.3, 0.4) is 0 Å². The van der Waals surface area contributed by atoms with Crippen LogP contribution in [0.2, 0.25) is 0 Å². The van der Waals surface area contributed by atoms with Gasteiger partial charge in [0.15, 0.2) is 5.79 Å². The number of hydrogen-bond donors (Lipinski definition) is 1. The van der Waals surface area contributed by atoms with Gasteiger partial charge in [-0.2, -0.15) is 0 Å². The first-order chi connectivity index (χ1) is 7.04. The molecule has 0 aliphatic carbocycles. The normalized spacial score (nSPS) is 30.9. The van der Waals surface area contributed by atoms with E-state index in [1.807, 2.05) is 6.92 Å². The second-order valence-corrected chi connectivity index (χ2v) is 4.00. The van der Waals surface area contributed by atoms with Gasteiger partial charge in [-0.15, -0.1) is 0 Å². The Labute approximate surface area is 88.8 Å². The van der Waals surface area contributed by atoms with E-state index < -0.39 is 11.8 Å². The van der Waals surface area contributed by atoms with Crippen LogP contribution in [0, 0.1) is 0 Å².